The van der Waals surface area contributed by atoms with Gasteiger partial charge in [-0.2, -0.15) is 0 Å². The van der Waals surface area contributed by atoms with Gasteiger partial charge in [-0.05, 0) is 23.3 Å². The minimum absolute atomic E-state index is 0.122. The molecule has 0 fully saturated rings. The zero-order valence-electron chi connectivity index (χ0n) is 13.0. The van der Waals surface area contributed by atoms with E-state index in [2.05, 4.69) is 48.5 Å². The van der Waals surface area contributed by atoms with E-state index >= 15 is 0 Å². The summed E-state index contributed by atoms with van der Waals surface area (Å²) >= 11 is 1.78. The van der Waals surface area contributed by atoms with Crippen LogP contribution in [0.1, 0.15) is 27.0 Å². The van der Waals surface area contributed by atoms with Crippen molar-refractivity contribution in [1.29, 1.82) is 0 Å². The highest BCUT2D eigenvalue weighted by Crippen LogP contribution is 2.58. The molecule has 3 aromatic carbocycles. The van der Waals surface area contributed by atoms with Crippen LogP contribution in [0.15, 0.2) is 83.8 Å². The maximum absolute atomic E-state index is 13.1. The number of hydrogen-bond acceptors (Lipinski definition) is 2. The van der Waals surface area contributed by atoms with Gasteiger partial charge in [-0.3, -0.25) is 4.79 Å². The molecule has 0 aliphatic carbocycles. The number of carbonyl (C=O) groups is 1. The van der Waals surface area contributed by atoms with Crippen LogP contribution < -0.4 is 0 Å². The third kappa shape index (κ3) is 1.70. The highest BCUT2D eigenvalue weighted by molar-refractivity contribution is 8.00. The first-order valence-corrected chi connectivity index (χ1v) is 8.86. The van der Waals surface area contributed by atoms with Gasteiger partial charge in [-0.15, -0.1) is 0 Å². The molecule has 2 nitrogen and oxygen atoms in total. The summed E-state index contributed by atoms with van der Waals surface area (Å²) in [5, 5.41) is 0. The molecule has 1 atom stereocenters. The predicted octanol–water partition coefficient (Wildman–Crippen LogP) is 4.65. The van der Waals surface area contributed by atoms with Crippen molar-refractivity contribution in [1.82, 2.24) is 4.90 Å². The molecule has 2 aliphatic rings. The second-order valence-electron chi connectivity index (χ2n) is 6.16. The van der Waals surface area contributed by atoms with E-state index in [4.69, 9.17) is 0 Å². The van der Waals surface area contributed by atoms with Crippen molar-refractivity contribution in [2.75, 3.05) is 0 Å². The molecule has 0 N–H and O–H groups in total. The summed E-state index contributed by atoms with van der Waals surface area (Å²) in [5.74, 6) is 0.122. The molecule has 0 bridgehead atoms. The Hall–Kier alpha value is -2.52. The van der Waals surface area contributed by atoms with E-state index in [1.54, 1.807) is 11.8 Å². The fraction of sp³-hybridized carbons (Fsp3) is 0.0952. The summed E-state index contributed by atoms with van der Waals surface area (Å²) in [6.07, 6.45) is 0. The van der Waals surface area contributed by atoms with Gasteiger partial charge in [0.15, 0.2) is 0 Å². The molecule has 0 saturated carbocycles. The van der Waals surface area contributed by atoms with Crippen LogP contribution in [0.5, 0.6) is 0 Å². The molecule has 3 heteroatoms. The molecule has 3 aromatic rings. The van der Waals surface area contributed by atoms with E-state index in [1.165, 1.54) is 10.5 Å². The second-order valence-corrected chi connectivity index (χ2v) is 7.39. The van der Waals surface area contributed by atoms with Gasteiger partial charge in [0.25, 0.3) is 5.91 Å². The monoisotopic (exact) mass is 329 g/mol. The van der Waals surface area contributed by atoms with Crippen molar-refractivity contribution < 1.29 is 4.79 Å². The van der Waals surface area contributed by atoms with Crippen molar-refractivity contribution in [3.63, 3.8) is 0 Å². The molecule has 0 radical (unpaired) electrons. The predicted molar refractivity (Wildman–Crippen MR) is 95.8 cm³/mol. The zero-order chi connectivity index (χ0) is 16.1. The first-order chi connectivity index (χ1) is 11.8. The molecule has 116 valence electrons. The highest BCUT2D eigenvalue weighted by Gasteiger charge is 2.53. The molecule has 0 saturated heterocycles. The van der Waals surface area contributed by atoms with E-state index in [-0.39, 0.29) is 5.91 Å². The molecule has 5 rings (SSSR count). The Bertz CT molecular complexity index is 953. The van der Waals surface area contributed by atoms with Crippen LogP contribution in [-0.4, -0.2) is 10.8 Å². The Morgan fingerprint density at radius 2 is 1.54 bits per heavy atom. The number of hydrogen-bond donors (Lipinski definition) is 0. The molecule has 0 spiro atoms. The zero-order valence-corrected chi connectivity index (χ0v) is 13.8. The van der Waals surface area contributed by atoms with Crippen molar-refractivity contribution in [3.05, 3.63) is 101 Å². The van der Waals surface area contributed by atoms with E-state index in [9.17, 15) is 4.79 Å². The van der Waals surface area contributed by atoms with Crippen LogP contribution in [-0.2, 0) is 11.4 Å². The van der Waals surface area contributed by atoms with Crippen molar-refractivity contribution in [2.45, 2.75) is 16.3 Å². The van der Waals surface area contributed by atoms with Crippen molar-refractivity contribution in [3.8, 4) is 0 Å². The molecular weight excluding hydrogens is 314 g/mol. The van der Waals surface area contributed by atoms with Crippen LogP contribution >= 0.6 is 11.8 Å². The normalized spacial score (nSPS) is 21.2. The Morgan fingerprint density at radius 1 is 0.833 bits per heavy atom. The number of rotatable bonds is 1. The number of benzene rings is 3. The van der Waals surface area contributed by atoms with Crippen LogP contribution in [0.4, 0.5) is 0 Å². The first kappa shape index (κ1) is 13.9. The molecule has 24 heavy (non-hydrogen) atoms. The van der Waals surface area contributed by atoms with Gasteiger partial charge in [-0.1, -0.05) is 78.5 Å². The van der Waals surface area contributed by atoms with Crippen LogP contribution in [0.3, 0.4) is 0 Å². The van der Waals surface area contributed by atoms with Gasteiger partial charge in [0, 0.05) is 22.6 Å². The molecule has 1 unspecified atom stereocenters. The second kappa shape index (κ2) is 4.99. The van der Waals surface area contributed by atoms with Crippen LogP contribution in [0, 0.1) is 0 Å². The quantitative estimate of drug-likeness (QED) is 0.648. The number of amides is 1. The SMILES string of the molecule is O=C1c2ccccc2C2(c3ccccc3)Sc3ccccc3CN12. The topological polar surface area (TPSA) is 20.3 Å². The van der Waals surface area contributed by atoms with E-state index in [0.29, 0.717) is 6.54 Å². The Balaban J connectivity index is 1.83. The standard InChI is InChI=1S/C21H15NOS/c23-20-17-11-5-6-12-18(17)21(16-9-2-1-3-10-16)22(20)14-15-8-4-7-13-19(15)24-21/h1-13H,14H2. The van der Waals surface area contributed by atoms with E-state index in [1.807, 2.05) is 35.2 Å². The van der Waals surface area contributed by atoms with Crippen molar-refractivity contribution in [2.24, 2.45) is 0 Å². The average Bonchev–Trinajstić information content (AvgIpc) is 2.91. The third-order valence-electron chi connectivity index (χ3n) is 4.87. The molecular formula is C21H15NOS. The van der Waals surface area contributed by atoms with Gasteiger partial charge in [0.05, 0.1) is 0 Å². The minimum atomic E-state index is -0.469. The number of thioether (sulfide) groups is 1. The average molecular weight is 329 g/mol. The largest absolute Gasteiger partial charge is 0.311 e. The summed E-state index contributed by atoms with van der Waals surface area (Å²) in [6, 6.07) is 26.8. The lowest BCUT2D eigenvalue weighted by atomic mass is 9.96. The lowest BCUT2D eigenvalue weighted by Gasteiger charge is -2.43. The van der Waals surface area contributed by atoms with Gasteiger partial charge >= 0.3 is 0 Å². The smallest absolute Gasteiger partial charge is 0.256 e. The minimum Gasteiger partial charge on any atom is -0.311 e. The van der Waals surface area contributed by atoms with E-state index < -0.39 is 4.87 Å². The number of carbonyl (C=O) groups excluding carboxylic acids is 1. The van der Waals surface area contributed by atoms with E-state index in [0.717, 1.165) is 16.7 Å². The third-order valence-corrected chi connectivity index (χ3v) is 6.46. The fourth-order valence-corrected chi connectivity index (χ4v) is 5.32. The maximum atomic E-state index is 13.1. The lowest BCUT2D eigenvalue weighted by molar-refractivity contribution is 0.0701. The van der Waals surface area contributed by atoms with Crippen LogP contribution in [0.25, 0.3) is 0 Å². The van der Waals surface area contributed by atoms with Gasteiger partial charge in [0.2, 0.25) is 0 Å². The maximum Gasteiger partial charge on any atom is 0.256 e. The summed E-state index contributed by atoms with van der Waals surface area (Å²) in [4.78, 5) is 15.9. The summed E-state index contributed by atoms with van der Waals surface area (Å²) in [7, 11) is 0. The molecule has 1 amide bonds. The number of nitrogens with zero attached hydrogens (tertiary/aromatic N) is 1. The first-order valence-electron chi connectivity index (χ1n) is 8.04. The van der Waals surface area contributed by atoms with Gasteiger partial charge in [0.1, 0.15) is 4.87 Å². The Labute approximate surface area is 145 Å². The fourth-order valence-electron chi connectivity index (χ4n) is 3.79. The molecule has 0 aromatic heterocycles. The van der Waals surface area contributed by atoms with Gasteiger partial charge in [-0.25, -0.2) is 0 Å². The van der Waals surface area contributed by atoms with Crippen LogP contribution in [0.2, 0.25) is 0 Å². The van der Waals surface area contributed by atoms with Crippen molar-refractivity contribution >= 4 is 17.7 Å². The number of fused-ring (bicyclic) bond motifs is 4. The molecule has 2 aliphatic heterocycles. The van der Waals surface area contributed by atoms with Gasteiger partial charge < -0.3 is 4.90 Å². The molecule has 2 heterocycles. The Kier molecular flexibility index (Phi) is 2.88. The summed E-state index contributed by atoms with van der Waals surface area (Å²) in [6.45, 7) is 0.644. The summed E-state index contributed by atoms with van der Waals surface area (Å²) in [5.41, 5.74) is 4.29. The summed E-state index contributed by atoms with van der Waals surface area (Å²) < 4.78 is 0. The lowest BCUT2D eigenvalue weighted by Crippen LogP contribution is -2.44. The highest BCUT2D eigenvalue weighted by atomic mass is 32.2. The Morgan fingerprint density at radius 3 is 2.42 bits per heavy atom.